The zero-order valence-electron chi connectivity index (χ0n) is 10.8. The molecule has 3 rings (SSSR count). The van der Waals surface area contributed by atoms with Gasteiger partial charge < -0.3 is 10.6 Å². The van der Waals surface area contributed by atoms with E-state index < -0.39 is 6.04 Å². The van der Waals surface area contributed by atoms with Crippen molar-refractivity contribution in [2.24, 2.45) is 0 Å². The highest BCUT2D eigenvalue weighted by Crippen LogP contribution is 2.25. The molecule has 20 heavy (non-hydrogen) atoms. The van der Waals surface area contributed by atoms with Gasteiger partial charge in [-0.2, -0.15) is 11.3 Å². The number of carbonyl (C=O) groups is 2. The highest BCUT2D eigenvalue weighted by atomic mass is 32.1. The van der Waals surface area contributed by atoms with Gasteiger partial charge >= 0.3 is 0 Å². The lowest BCUT2D eigenvalue weighted by atomic mass is 10.1. The molecule has 102 valence electrons. The molecule has 1 saturated heterocycles. The molecule has 0 saturated carbocycles. The Morgan fingerprint density at radius 2 is 2.20 bits per heavy atom. The summed E-state index contributed by atoms with van der Waals surface area (Å²) in [7, 11) is 0. The minimum atomic E-state index is -0.410. The maximum absolute atomic E-state index is 12.0. The third-order valence-corrected chi connectivity index (χ3v) is 3.98. The van der Waals surface area contributed by atoms with Gasteiger partial charge in [-0.15, -0.1) is 0 Å². The van der Waals surface area contributed by atoms with Crippen LogP contribution in [-0.4, -0.2) is 17.9 Å². The SMILES string of the molecule is O=C1CC[C@@H](C(=O)Nc2cccc(-c3ccsc3)c2)N1. The van der Waals surface area contributed by atoms with Crippen LogP contribution < -0.4 is 10.6 Å². The average Bonchev–Trinajstić information content (AvgIpc) is 3.10. The van der Waals surface area contributed by atoms with Crippen molar-refractivity contribution in [3.8, 4) is 11.1 Å². The Morgan fingerprint density at radius 3 is 2.90 bits per heavy atom. The van der Waals surface area contributed by atoms with Gasteiger partial charge in [0.1, 0.15) is 6.04 Å². The van der Waals surface area contributed by atoms with Crippen LogP contribution in [-0.2, 0) is 9.59 Å². The smallest absolute Gasteiger partial charge is 0.246 e. The van der Waals surface area contributed by atoms with Crippen molar-refractivity contribution < 1.29 is 9.59 Å². The highest BCUT2D eigenvalue weighted by Gasteiger charge is 2.27. The number of benzene rings is 1. The second kappa shape index (κ2) is 5.46. The van der Waals surface area contributed by atoms with E-state index in [1.54, 1.807) is 11.3 Å². The second-order valence-electron chi connectivity index (χ2n) is 4.74. The number of anilines is 1. The Hall–Kier alpha value is -2.14. The van der Waals surface area contributed by atoms with E-state index >= 15 is 0 Å². The number of rotatable bonds is 3. The number of hydrogen-bond acceptors (Lipinski definition) is 3. The molecule has 0 bridgehead atoms. The molecule has 2 heterocycles. The summed E-state index contributed by atoms with van der Waals surface area (Å²) in [6.45, 7) is 0. The fourth-order valence-corrected chi connectivity index (χ4v) is 2.91. The van der Waals surface area contributed by atoms with Gasteiger partial charge in [-0.05, 0) is 46.5 Å². The van der Waals surface area contributed by atoms with E-state index in [1.165, 1.54) is 0 Å². The molecule has 1 fully saturated rings. The van der Waals surface area contributed by atoms with E-state index in [0.717, 1.165) is 16.8 Å². The van der Waals surface area contributed by atoms with Crippen LogP contribution in [0.25, 0.3) is 11.1 Å². The average molecular weight is 286 g/mol. The Balaban J connectivity index is 1.73. The maximum atomic E-state index is 12.0. The predicted molar refractivity (Wildman–Crippen MR) is 79.5 cm³/mol. The number of nitrogens with one attached hydrogen (secondary N) is 2. The van der Waals surface area contributed by atoms with Crippen molar-refractivity contribution in [1.29, 1.82) is 0 Å². The Morgan fingerprint density at radius 1 is 1.30 bits per heavy atom. The first-order valence-corrected chi connectivity index (χ1v) is 7.39. The Bertz CT molecular complexity index is 637. The fourth-order valence-electron chi connectivity index (χ4n) is 2.25. The van der Waals surface area contributed by atoms with Crippen LogP contribution in [0.3, 0.4) is 0 Å². The number of hydrogen-bond donors (Lipinski definition) is 2. The monoisotopic (exact) mass is 286 g/mol. The van der Waals surface area contributed by atoms with Crippen LogP contribution in [0.4, 0.5) is 5.69 Å². The lowest BCUT2D eigenvalue weighted by Gasteiger charge is -2.11. The van der Waals surface area contributed by atoms with Gasteiger partial charge in [0.25, 0.3) is 0 Å². The summed E-state index contributed by atoms with van der Waals surface area (Å²) in [5, 5.41) is 9.61. The van der Waals surface area contributed by atoms with E-state index in [-0.39, 0.29) is 11.8 Å². The summed E-state index contributed by atoms with van der Waals surface area (Å²) in [6, 6.07) is 9.35. The van der Waals surface area contributed by atoms with E-state index in [2.05, 4.69) is 16.0 Å². The van der Waals surface area contributed by atoms with Crippen LogP contribution in [0.1, 0.15) is 12.8 Å². The molecule has 1 aliphatic heterocycles. The van der Waals surface area contributed by atoms with Crippen molar-refractivity contribution in [1.82, 2.24) is 5.32 Å². The van der Waals surface area contributed by atoms with Gasteiger partial charge in [0, 0.05) is 12.1 Å². The molecule has 1 aromatic carbocycles. The maximum Gasteiger partial charge on any atom is 0.246 e. The van der Waals surface area contributed by atoms with Crippen LogP contribution in [0.5, 0.6) is 0 Å². The first-order chi connectivity index (χ1) is 9.72. The molecule has 1 atom stereocenters. The van der Waals surface area contributed by atoms with Crippen molar-refractivity contribution in [3.63, 3.8) is 0 Å². The molecule has 0 unspecified atom stereocenters. The van der Waals surface area contributed by atoms with Gasteiger partial charge in [0.15, 0.2) is 0 Å². The number of carbonyl (C=O) groups excluding carboxylic acids is 2. The van der Waals surface area contributed by atoms with Crippen LogP contribution in [0.2, 0.25) is 0 Å². The quantitative estimate of drug-likeness (QED) is 0.911. The second-order valence-corrected chi connectivity index (χ2v) is 5.52. The van der Waals surface area contributed by atoms with Crippen LogP contribution >= 0.6 is 11.3 Å². The van der Waals surface area contributed by atoms with Gasteiger partial charge in [0.05, 0.1) is 0 Å². The summed E-state index contributed by atoms with van der Waals surface area (Å²) in [5.41, 5.74) is 2.96. The molecule has 2 aromatic rings. The molecular formula is C15H14N2O2S. The van der Waals surface area contributed by atoms with Crippen molar-refractivity contribution in [2.45, 2.75) is 18.9 Å². The molecule has 0 spiro atoms. The normalized spacial score (nSPS) is 17.8. The lowest BCUT2D eigenvalue weighted by molar-refractivity contribution is -0.122. The third-order valence-electron chi connectivity index (χ3n) is 3.30. The largest absolute Gasteiger partial charge is 0.344 e. The van der Waals surface area contributed by atoms with Gasteiger partial charge in [0.2, 0.25) is 11.8 Å². The van der Waals surface area contributed by atoms with Crippen LogP contribution in [0, 0.1) is 0 Å². The molecule has 0 aliphatic carbocycles. The van der Waals surface area contributed by atoms with Gasteiger partial charge in [-0.1, -0.05) is 12.1 Å². The molecule has 0 radical (unpaired) electrons. The van der Waals surface area contributed by atoms with E-state index in [4.69, 9.17) is 0 Å². The molecule has 2 N–H and O–H groups in total. The number of amides is 2. The zero-order chi connectivity index (χ0) is 13.9. The number of thiophene rings is 1. The first-order valence-electron chi connectivity index (χ1n) is 6.45. The summed E-state index contributed by atoms with van der Waals surface area (Å²) in [4.78, 5) is 23.2. The van der Waals surface area contributed by atoms with Crippen molar-refractivity contribution in [3.05, 3.63) is 41.1 Å². The first kappa shape index (κ1) is 12.9. The molecule has 5 heteroatoms. The Labute approximate surface area is 120 Å². The zero-order valence-corrected chi connectivity index (χ0v) is 11.6. The van der Waals surface area contributed by atoms with Crippen LogP contribution in [0.15, 0.2) is 41.1 Å². The van der Waals surface area contributed by atoms with Gasteiger partial charge in [-0.3, -0.25) is 9.59 Å². The topological polar surface area (TPSA) is 58.2 Å². The van der Waals surface area contributed by atoms with E-state index in [1.807, 2.05) is 35.7 Å². The highest BCUT2D eigenvalue weighted by molar-refractivity contribution is 7.08. The predicted octanol–water partition coefficient (Wildman–Crippen LogP) is 2.63. The minimum Gasteiger partial charge on any atom is -0.344 e. The van der Waals surface area contributed by atoms with Gasteiger partial charge in [-0.25, -0.2) is 0 Å². The van der Waals surface area contributed by atoms with Crippen molar-refractivity contribution >= 4 is 28.8 Å². The van der Waals surface area contributed by atoms with Crippen molar-refractivity contribution in [2.75, 3.05) is 5.32 Å². The molecule has 1 aliphatic rings. The van der Waals surface area contributed by atoms with E-state index in [9.17, 15) is 9.59 Å². The summed E-state index contributed by atoms with van der Waals surface area (Å²) >= 11 is 1.64. The minimum absolute atomic E-state index is 0.0582. The standard InChI is InChI=1S/C15H14N2O2S/c18-14-5-4-13(17-14)15(19)16-12-3-1-2-10(8-12)11-6-7-20-9-11/h1-3,6-9,13H,4-5H2,(H,16,19)(H,17,18)/t13-/m0/s1. The molecular weight excluding hydrogens is 272 g/mol. The summed E-state index contributed by atoms with van der Waals surface area (Å²) in [6.07, 6.45) is 0.988. The molecule has 1 aromatic heterocycles. The third kappa shape index (κ3) is 2.72. The molecule has 4 nitrogen and oxygen atoms in total. The fraction of sp³-hybridized carbons (Fsp3) is 0.200. The Kier molecular flexibility index (Phi) is 3.52. The lowest BCUT2D eigenvalue weighted by Crippen LogP contribution is -2.37. The van der Waals surface area contributed by atoms with E-state index in [0.29, 0.717) is 12.8 Å². The summed E-state index contributed by atoms with van der Waals surface area (Å²) < 4.78 is 0. The molecule has 2 amide bonds. The summed E-state index contributed by atoms with van der Waals surface area (Å²) in [5.74, 6) is -0.213.